The third-order valence-electron chi connectivity index (χ3n) is 5.67. The lowest BCUT2D eigenvalue weighted by molar-refractivity contribution is 0.0526. The molecule has 3 aromatic carbocycles. The Balaban J connectivity index is 1.72. The third kappa shape index (κ3) is 5.41. The van der Waals surface area contributed by atoms with E-state index in [0.717, 1.165) is 11.1 Å². The molecule has 0 aliphatic rings. The van der Waals surface area contributed by atoms with Crippen molar-refractivity contribution in [2.45, 2.75) is 39.7 Å². The van der Waals surface area contributed by atoms with Crippen molar-refractivity contribution < 1.29 is 18.7 Å². The molecule has 35 heavy (non-hydrogen) atoms. The summed E-state index contributed by atoms with van der Waals surface area (Å²) in [7, 11) is 0. The number of carbonyl (C=O) groups excluding carboxylic acids is 1. The molecule has 0 atom stereocenters. The van der Waals surface area contributed by atoms with Gasteiger partial charge in [0, 0.05) is 10.6 Å². The standard InChI is InChI=1S/C29H27ClO5/c1-5-33-28(32)20-8-6-18(7-9-20)17-34-27-25(31)23-16-22(30)14-15-24(23)35-26(27)19-10-12-21(13-11-19)29(2,3)4/h6-16H,5,17H2,1-4H3. The summed E-state index contributed by atoms with van der Waals surface area (Å²) in [6.45, 7) is 8.62. The van der Waals surface area contributed by atoms with Gasteiger partial charge < -0.3 is 13.9 Å². The first-order valence-corrected chi connectivity index (χ1v) is 11.8. The molecule has 4 rings (SSSR count). The van der Waals surface area contributed by atoms with Crippen LogP contribution in [-0.4, -0.2) is 12.6 Å². The summed E-state index contributed by atoms with van der Waals surface area (Å²) < 4.78 is 17.2. The minimum Gasteiger partial charge on any atom is -0.481 e. The van der Waals surface area contributed by atoms with Crippen LogP contribution in [0.2, 0.25) is 5.02 Å². The molecule has 6 heteroatoms. The van der Waals surface area contributed by atoms with Crippen LogP contribution in [-0.2, 0) is 16.8 Å². The molecule has 0 aliphatic carbocycles. The van der Waals surface area contributed by atoms with Gasteiger partial charge in [-0.25, -0.2) is 4.79 Å². The number of carbonyl (C=O) groups is 1. The van der Waals surface area contributed by atoms with Gasteiger partial charge in [0.1, 0.15) is 12.2 Å². The molecule has 0 unspecified atom stereocenters. The number of esters is 1. The Morgan fingerprint density at radius 1 is 0.971 bits per heavy atom. The molecule has 0 saturated heterocycles. The number of fused-ring (bicyclic) bond motifs is 1. The third-order valence-corrected chi connectivity index (χ3v) is 5.91. The zero-order valence-corrected chi connectivity index (χ0v) is 20.9. The number of benzene rings is 3. The van der Waals surface area contributed by atoms with E-state index >= 15 is 0 Å². The van der Waals surface area contributed by atoms with E-state index in [0.29, 0.717) is 33.9 Å². The normalized spacial score (nSPS) is 11.5. The van der Waals surface area contributed by atoms with E-state index in [1.807, 2.05) is 24.3 Å². The van der Waals surface area contributed by atoms with Gasteiger partial charge in [0.25, 0.3) is 0 Å². The van der Waals surface area contributed by atoms with Crippen LogP contribution in [0.1, 0.15) is 49.2 Å². The highest BCUT2D eigenvalue weighted by Crippen LogP contribution is 2.33. The van der Waals surface area contributed by atoms with Crippen molar-refractivity contribution in [1.82, 2.24) is 0 Å². The summed E-state index contributed by atoms with van der Waals surface area (Å²) in [6.07, 6.45) is 0. The molecule has 0 radical (unpaired) electrons. The Kier molecular flexibility index (Phi) is 6.99. The Morgan fingerprint density at radius 3 is 2.29 bits per heavy atom. The molecule has 1 aromatic heterocycles. The van der Waals surface area contributed by atoms with E-state index in [9.17, 15) is 9.59 Å². The molecule has 0 N–H and O–H groups in total. The Hall–Kier alpha value is -3.57. The first-order valence-electron chi connectivity index (χ1n) is 11.4. The Bertz CT molecular complexity index is 1410. The average Bonchev–Trinajstić information content (AvgIpc) is 2.84. The largest absolute Gasteiger partial charge is 0.481 e. The zero-order valence-electron chi connectivity index (χ0n) is 20.2. The van der Waals surface area contributed by atoms with Gasteiger partial charge in [0.05, 0.1) is 17.6 Å². The topological polar surface area (TPSA) is 65.7 Å². The summed E-state index contributed by atoms with van der Waals surface area (Å²) in [5, 5.41) is 0.785. The Morgan fingerprint density at radius 2 is 1.66 bits per heavy atom. The SMILES string of the molecule is CCOC(=O)c1ccc(COc2c(-c3ccc(C(C)(C)C)cc3)oc3ccc(Cl)cc3c2=O)cc1. The maximum Gasteiger partial charge on any atom is 0.338 e. The summed E-state index contributed by atoms with van der Waals surface area (Å²) in [6, 6.07) is 19.7. The van der Waals surface area contributed by atoms with Crippen molar-refractivity contribution >= 4 is 28.5 Å². The fourth-order valence-corrected chi connectivity index (χ4v) is 3.87. The predicted octanol–water partition coefficient (Wildman–Crippen LogP) is 7.17. The monoisotopic (exact) mass is 490 g/mol. The minimum atomic E-state index is -0.381. The van der Waals surface area contributed by atoms with Crippen LogP contribution in [0.4, 0.5) is 0 Å². The molecule has 4 aromatic rings. The number of ether oxygens (including phenoxy) is 2. The fourth-order valence-electron chi connectivity index (χ4n) is 3.70. The number of halogens is 1. The molecule has 0 bridgehead atoms. The van der Waals surface area contributed by atoms with Crippen LogP contribution in [0, 0.1) is 0 Å². The quantitative estimate of drug-likeness (QED) is 0.268. The first kappa shape index (κ1) is 24.6. The van der Waals surface area contributed by atoms with Gasteiger partial charge in [0.2, 0.25) is 11.2 Å². The van der Waals surface area contributed by atoms with Crippen LogP contribution in [0.5, 0.6) is 5.75 Å². The van der Waals surface area contributed by atoms with Crippen LogP contribution < -0.4 is 10.2 Å². The zero-order chi connectivity index (χ0) is 25.2. The van der Waals surface area contributed by atoms with Gasteiger partial charge in [-0.1, -0.05) is 68.8 Å². The van der Waals surface area contributed by atoms with E-state index in [2.05, 4.69) is 20.8 Å². The lowest BCUT2D eigenvalue weighted by Gasteiger charge is -2.19. The van der Waals surface area contributed by atoms with Gasteiger partial charge >= 0.3 is 5.97 Å². The highest BCUT2D eigenvalue weighted by molar-refractivity contribution is 6.31. The van der Waals surface area contributed by atoms with Crippen LogP contribution in [0.15, 0.2) is 75.9 Å². The molecular weight excluding hydrogens is 464 g/mol. The number of hydrogen-bond acceptors (Lipinski definition) is 5. The van der Waals surface area contributed by atoms with Crippen molar-refractivity contribution in [2.75, 3.05) is 6.61 Å². The molecule has 0 fully saturated rings. The smallest absolute Gasteiger partial charge is 0.338 e. The second-order valence-corrected chi connectivity index (χ2v) is 9.70. The summed E-state index contributed by atoms with van der Waals surface area (Å²) in [5.74, 6) is 0.0826. The average molecular weight is 491 g/mol. The van der Waals surface area contributed by atoms with E-state index in [4.69, 9.17) is 25.5 Å². The maximum atomic E-state index is 13.4. The maximum absolute atomic E-state index is 13.4. The van der Waals surface area contributed by atoms with E-state index in [-0.39, 0.29) is 29.2 Å². The van der Waals surface area contributed by atoms with E-state index in [1.54, 1.807) is 49.4 Å². The summed E-state index contributed by atoms with van der Waals surface area (Å²) in [4.78, 5) is 25.3. The second kappa shape index (κ2) is 9.96. The lowest BCUT2D eigenvalue weighted by atomic mass is 9.86. The number of hydrogen-bond donors (Lipinski definition) is 0. The number of rotatable bonds is 6. The van der Waals surface area contributed by atoms with Gasteiger partial charge in [0.15, 0.2) is 5.76 Å². The van der Waals surface area contributed by atoms with Gasteiger partial charge in [-0.3, -0.25) is 4.79 Å². The van der Waals surface area contributed by atoms with Crippen molar-refractivity contribution in [2.24, 2.45) is 0 Å². The highest BCUT2D eigenvalue weighted by Gasteiger charge is 2.20. The minimum absolute atomic E-state index is 0.00541. The molecule has 1 heterocycles. The fraction of sp³-hybridized carbons (Fsp3) is 0.241. The lowest BCUT2D eigenvalue weighted by Crippen LogP contribution is -2.12. The van der Waals surface area contributed by atoms with Gasteiger partial charge in [-0.05, 0) is 53.8 Å². The van der Waals surface area contributed by atoms with Crippen LogP contribution in [0.3, 0.4) is 0 Å². The summed E-state index contributed by atoms with van der Waals surface area (Å²) in [5.41, 5.74) is 3.27. The van der Waals surface area contributed by atoms with Crippen molar-refractivity contribution in [1.29, 1.82) is 0 Å². The van der Waals surface area contributed by atoms with E-state index in [1.165, 1.54) is 5.56 Å². The molecule has 5 nitrogen and oxygen atoms in total. The Labute approximate surface area is 209 Å². The second-order valence-electron chi connectivity index (χ2n) is 9.26. The molecule has 0 amide bonds. The first-order chi connectivity index (χ1) is 16.7. The van der Waals surface area contributed by atoms with Crippen LogP contribution in [0.25, 0.3) is 22.3 Å². The van der Waals surface area contributed by atoms with E-state index < -0.39 is 0 Å². The van der Waals surface area contributed by atoms with Gasteiger partial charge in [-0.15, -0.1) is 0 Å². The van der Waals surface area contributed by atoms with Crippen molar-refractivity contribution in [3.63, 3.8) is 0 Å². The van der Waals surface area contributed by atoms with Crippen molar-refractivity contribution in [3.05, 3.63) is 98.7 Å². The molecule has 0 aliphatic heterocycles. The van der Waals surface area contributed by atoms with Crippen molar-refractivity contribution in [3.8, 4) is 17.1 Å². The molecule has 0 saturated carbocycles. The van der Waals surface area contributed by atoms with Crippen LogP contribution >= 0.6 is 11.6 Å². The molecular formula is C29H27ClO5. The predicted molar refractivity (Wildman–Crippen MR) is 138 cm³/mol. The highest BCUT2D eigenvalue weighted by atomic mass is 35.5. The van der Waals surface area contributed by atoms with Gasteiger partial charge in [-0.2, -0.15) is 0 Å². The molecule has 180 valence electrons. The summed E-state index contributed by atoms with van der Waals surface area (Å²) >= 11 is 6.14. The molecule has 0 spiro atoms.